The highest BCUT2D eigenvalue weighted by Crippen LogP contribution is 2.28. The molecule has 1 aliphatic carbocycles. The van der Waals surface area contributed by atoms with E-state index in [1.807, 2.05) is 0 Å². The summed E-state index contributed by atoms with van der Waals surface area (Å²) in [7, 11) is 0. The van der Waals surface area contributed by atoms with Crippen LogP contribution >= 0.6 is 0 Å². The van der Waals surface area contributed by atoms with E-state index >= 15 is 0 Å². The third-order valence-electron chi connectivity index (χ3n) is 9.64. The predicted molar refractivity (Wildman–Crippen MR) is 194 cm³/mol. The summed E-state index contributed by atoms with van der Waals surface area (Å²) in [6, 6.07) is 0. The van der Waals surface area contributed by atoms with E-state index in [2.05, 4.69) is 31.0 Å². The number of rotatable bonds is 35. The highest BCUT2D eigenvalue weighted by Gasteiger charge is 2.29. The lowest BCUT2D eigenvalue weighted by Gasteiger charge is -2.22. The minimum atomic E-state index is 0.0378. The lowest BCUT2D eigenvalue weighted by Crippen LogP contribution is -2.32. The van der Waals surface area contributed by atoms with Crippen molar-refractivity contribution in [3.8, 4) is 0 Å². The second-order valence-electron chi connectivity index (χ2n) is 14.3. The van der Waals surface area contributed by atoms with Gasteiger partial charge in [-0.05, 0) is 83.8 Å². The first-order valence-electron chi connectivity index (χ1n) is 20.3. The molecule has 5 nitrogen and oxygen atoms in total. The van der Waals surface area contributed by atoms with Gasteiger partial charge < -0.3 is 15.0 Å². The van der Waals surface area contributed by atoms with Gasteiger partial charge in [0.25, 0.3) is 0 Å². The Kier molecular flexibility index (Phi) is 29.3. The maximum atomic E-state index is 12.7. The second-order valence-corrected chi connectivity index (χ2v) is 14.3. The summed E-state index contributed by atoms with van der Waals surface area (Å²) >= 11 is 0. The summed E-state index contributed by atoms with van der Waals surface area (Å²) in [4.78, 5) is 27.3. The number of nitrogens with zero attached hydrogens (tertiary/aromatic N) is 1. The van der Waals surface area contributed by atoms with Crippen molar-refractivity contribution in [2.75, 3.05) is 26.2 Å². The molecule has 1 fully saturated rings. The van der Waals surface area contributed by atoms with Crippen molar-refractivity contribution in [1.82, 2.24) is 10.2 Å². The van der Waals surface area contributed by atoms with Gasteiger partial charge in [-0.1, -0.05) is 136 Å². The number of amides is 1. The van der Waals surface area contributed by atoms with Crippen LogP contribution in [0, 0.1) is 5.92 Å². The number of hydrogen-bond donors (Lipinski definition) is 1. The Labute approximate surface area is 281 Å². The second kappa shape index (κ2) is 31.5. The molecule has 45 heavy (non-hydrogen) atoms. The largest absolute Gasteiger partial charge is 0.462 e. The molecule has 0 saturated heterocycles. The molecule has 0 heterocycles. The zero-order valence-corrected chi connectivity index (χ0v) is 30.7. The Morgan fingerprint density at radius 2 is 1.00 bits per heavy atom. The molecule has 1 N–H and O–H groups in total. The molecule has 0 aromatic heterocycles. The summed E-state index contributed by atoms with van der Waals surface area (Å²) in [5.74, 6) is 0.617. The maximum Gasteiger partial charge on any atom is 0.306 e. The van der Waals surface area contributed by atoms with Gasteiger partial charge in [0.1, 0.15) is 6.10 Å². The van der Waals surface area contributed by atoms with Gasteiger partial charge in [-0.15, -0.1) is 0 Å². The molecule has 0 bridgehead atoms. The zero-order chi connectivity index (χ0) is 32.6. The van der Waals surface area contributed by atoms with Crippen molar-refractivity contribution in [2.24, 2.45) is 5.92 Å². The number of unbranched alkanes of at least 4 members (excludes halogenated alkanes) is 19. The molecule has 0 unspecified atom stereocenters. The molecule has 0 spiro atoms. The molecule has 1 rings (SSSR count). The Morgan fingerprint density at radius 3 is 1.49 bits per heavy atom. The van der Waals surface area contributed by atoms with E-state index in [-0.39, 0.29) is 18.0 Å². The molecular weight excluding hydrogens is 556 g/mol. The van der Waals surface area contributed by atoms with Crippen LogP contribution in [0.3, 0.4) is 0 Å². The van der Waals surface area contributed by atoms with E-state index in [0.717, 1.165) is 64.6 Å². The molecule has 0 aromatic rings. The standard InChI is InChI=1S/C40H78N2O3/c1-4-7-10-13-17-22-28-38(29-23-18-14-11-8-5-2)45-39(43)30-24-19-16-21-26-35-42(34-25-20-15-12-9-6-3)36-27-33-41-40(44)37-31-32-37/h37-38H,4-36H2,1-3H3,(H,41,44). The SMILES string of the molecule is CCCCCCCCC(CCCCCCCC)OC(=O)CCCCCCCN(CCCCCCCC)CCCNC(=O)C1CC1. The maximum absolute atomic E-state index is 12.7. The van der Waals surface area contributed by atoms with Crippen molar-refractivity contribution in [3.05, 3.63) is 0 Å². The molecule has 0 aromatic carbocycles. The third kappa shape index (κ3) is 27.7. The van der Waals surface area contributed by atoms with Gasteiger partial charge in [0, 0.05) is 18.9 Å². The lowest BCUT2D eigenvalue weighted by atomic mass is 10.0. The van der Waals surface area contributed by atoms with Crippen molar-refractivity contribution < 1.29 is 14.3 Å². The average molecular weight is 635 g/mol. The van der Waals surface area contributed by atoms with Gasteiger partial charge in [-0.25, -0.2) is 0 Å². The lowest BCUT2D eigenvalue weighted by molar-refractivity contribution is -0.150. The molecular formula is C40H78N2O3. The van der Waals surface area contributed by atoms with Gasteiger partial charge >= 0.3 is 5.97 Å². The van der Waals surface area contributed by atoms with Crippen molar-refractivity contribution in [1.29, 1.82) is 0 Å². The summed E-state index contributed by atoms with van der Waals surface area (Å²) in [6.07, 6.45) is 35.3. The third-order valence-corrected chi connectivity index (χ3v) is 9.64. The Balaban J connectivity index is 2.24. The molecule has 0 atom stereocenters. The van der Waals surface area contributed by atoms with Crippen LogP contribution in [0.5, 0.6) is 0 Å². The number of carbonyl (C=O) groups excluding carboxylic acids is 2. The predicted octanol–water partition coefficient (Wildman–Crippen LogP) is 11.3. The smallest absolute Gasteiger partial charge is 0.306 e. The van der Waals surface area contributed by atoms with E-state index in [4.69, 9.17) is 4.74 Å². The van der Waals surface area contributed by atoms with Crippen LogP contribution < -0.4 is 5.32 Å². The van der Waals surface area contributed by atoms with Gasteiger partial charge in [-0.3, -0.25) is 9.59 Å². The number of ether oxygens (including phenoxy) is 1. The fourth-order valence-electron chi connectivity index (χ4n) is 6.40. The number of nitrogens with one attached hydrogen (secondary N) is 1. The molecule has 1 amide bonds. The van der Waals surface area contributed by atoms with Crippen LogP contribution in [0.1, 0.15) is 207 Å². The Morgan fingerprint density at radius 1 is 0.578 bits per heavy atom. The average Bonchev–Trinajstić information content (AvgIpc) is 3.89. The first kappa shape index (κ1) is 41.9. The minimum Gasteiger partial charge on any atom is -0.462 e. The first-order chi connectivity index (χ1) is 22.1. The minimum absolute atomic E-state index is 0.0378. The van der Waals surface area contributed by atoms with Crippen molar-refractivity contribution >= 4 is 11.9 Å². The summed E-state index contributed by atoms with van der Waals surface area (Å²) in [5, 5.41) is 3.14. The van der Waals surface area contributed by atoms with Crippen LogP contribution in [0.4, 0.5) is 0 Å². The van der Waals surface area contributed by atoms with Crippen LogP contribution in [0.15, 0.2) is 0 Å². The van der Waals surface area contributed by atoms with Gasteiger partial charge in [0.15, 0.2) is 0 Å². The van der Waals surface area contributed by atoms with Gasteiger partial charge in [0.05, 0.1) is 0 Å². The number of esters is 1. The summed E-state index contributed by atoms with van der Waals surface area (Å²) in [6.45, 7) is 11.1. The number of carbonyl (C=O) groups is 2. The van der Waals surface area contributed by atoms with E-state index in [0.29, 0.717) is 12.3 Å². The zero-order valence-electron chi connectivity index (χ0n) is 30.7. The highest BCUT2D eigenvalue weighted by molar-refractivity contribution is 5.80. The van der Waals surface area contributed by atoms with Crippen LogP contribution in [0.2, 0.25) is 0 Å². The normalized spacial score (nSPS) is 13.2. The monoisotopic (exact) mass is 635 g/mol. The van der Waals surface area contributed by atoms with E-state index in [9.17, 15) is 9.59 Å². The molecule has 5 heteroatoms. The number of hydrogen-bond acceptors (Lipinski definition) is 4. The van der Waals surface area contributed by atoms with E-state index < -0.39 is 0 Å². The fourth-order valence-corrected chi connectivity index (χ4v) is 6.40. The van der Waals surface area contributed by atoms with Crippen LogP contribution in [-0.2, 0) is 14.3 Å². The first-order valence-corrected chi connectivity index (χ1v) is 20.3. The van der Waals surface area contributed by atoms with Crippen LogP contribution in [-0.4, -0.2) is 49.1 Å². The van der Waals surface area contributed by atoms with Crippen molar-refractivity contribution in [3.63, 3.8) is 0 Å². The van der Waals surface area contributed by atoms with Crippen molar-refractivity contribution in [2.45, 2.75) is 213 Å². The molecule has 0 radical (unpaired) electrons. The fraction of sp³-hybridized carbons (Fsp3) is 0.950. The Bertz CT molecular complexity index is 650. The van der Waals surface area contributed by atoms with E-state index in [1.54, 1.807) is 0 Å². The molecule has 266 valence electrons. The van der Waals surface area contributed by atoms with E-state index in [1.165, 1.54) is 141 Å². The summed E-state index contributed by atoms with van der Waals surface area (Å²) in [5.41, 5.74) is 0. The molecule has 1 aliphatic rings. The highest BCUT2D eigenvalue weighted by atomic mass is 16.5. The molecule has 1 saturated carbocycles. The topological polar surface area (TPSA) is 58.6 Å². The molecule has 0 aliphatic heterocycles. The summed E-state index contributed by atoms with van der Waals surface area (Å²) < 4.78 is 6.04. The van der Waals surface area contributed by atoms with Crippen LogP contribution in [0.25, 0.3) is 0 Å². The van der Waals surface area contributed by atoms with Gasteiger partial charge in [0.2, 0.25) is 5.91 Å². The Hall–Kier alpha value is -1.10. The van der Waals surface area contributed by atoms with Gasteiger partial charge in [-0.2, -0.15) is 0 Å². The quantitative estimate of drug-likeness (QED) is 0.0556.